The molecule has 5 heteroatoms. The summed E-state index contributed by atoms with van der Waals surface area (Å²) in [5.74, 6) is 0.346. The summed E-state index contributed by atoms with van der Waals surface area (Å²) in [5, 5.41) is 16.8. The minimum Gasteiger partial charge on any atom is -0.420 e. The van der Waals surface area contributed by atoms with Gasteiger partial charge in [0.1, 0.15) is 11.6 Å². The molecule has 0 aliphatic carbocycles. The smallest absolute Gasteiger partial charge is 0.244 e. The van der Waals surface area contributed by atoms with Crippen LogP contribution in [0.1, 0.15) is 56.0 Å². The molecule has 2 heterocycles. The fraction of sp³-hybridized carbons (Fsp3) is 0.368. The normalized spacial score (nSPS) is 17.2. The summed E-state index contributed by atoms with van der Waals surface area (Å²) in [7, 11) is 0. The number of rotatable bonds is 2. The molecule has 1 atom stereocenters. The van der Waals surface area contributed by atoms with Crippen LogP contribution < -0.4 is 10.5 Å². The molecule has 2 aromatic rings. The van der Waals surface area contributed by atoms with Crippen molar-refractivity contribution >= 4 is 0 Å². The van der Waals surface area contributed by atoms with Gasteiger partial charge in [0.15, 0.2) is 0 Å². The number of nitrogens with two attached hydrogens (primary N) is 1. The van der Waals surface area contributed by atoms with Gasteiger partial charge in [-0.1, -0.05) is 52.0 Å². The Morgan fingerprint density at radius 1 is 1.29 bits per heavy atom. The highest BCUT2D eigenvalue weighted by atomic mass is 16.5. The summed E-state index contributed by atoms with van der Waals surface area (Å²) in [5.41, 5.74) is 10.6. The number of nitrogens with one attached hydrogen (secondary N) is 1. The Labute approximate surface area is 142 Å². The van der Waals surface area contributed by atoms with Crippen molar-refractivity contribution in [2.45, 2.75) is 45.4 Å². The van der Waals surface area contributed by atoms with Crippen LogP contribution in [-0.4, -0.2) is 10.2 Å². The fourth-order valence-corrected chi connectivity index (χ4v) is 3.09. The largest absolute Gasteiger partial charge is 0.420 e. The van der Waals surface area contributed by atoms with Crippen molar-refractivity contribution < 1.29 is 4.74 Å². The number of fused-ring (bicyclic) bond motifs is 1. The Morgan fingerprint density at radius 3 is 2.50 bits per heavy atom. The predicted molar refractivity (Wildman–Crippen MR) is 92.4 cm³/mol. The van der Waals surface area contributed by atoms with E-state index < -0.39 is 0 Å². The van der Waals surface area contributed by atoms with Crippen molar-refractivity contribution in [3.05, 3.63) is 58.1 Å². The quantitative estimate of drug-likeness (QED) is 0.886. The van der Waals surface area contributed by atoms with Crippen LogP contribution in [0.4, 0.5) is 0 Å². The number of hydrogen-bond donors (Lipinski definition) is 2. The highest BCUT2D eigenvalue weighted by Crippen LogP contribution is 2.43. The zero-order chi connectivity index (χ0) is 17.5. The number of aromatic amines is 1. The second kappa shape index (κ2) is 5.72. The lowest BCUT2D eigenvalue weighted by Crippen LogP contribution is -2.21. The van der Waals surface area contributed by atoms with Gasteiger partial charge in [0, 0.05) is 11.3 Å². The molecule has 0 saturated heterocycles. The van der Waals surface area contributed by atoms with E-state index in [4.69, 9.17) is 10.5 Å². The number of hydrogen-bond acceptors (Lipinski definition) is 4. The van der Waals surface area contributed by atoms with E-state index in [9.17, 15) is 5.26 Å². The van der Waals surface area contributed by atoms with Crippen LogP contribution in [0.5, 0.6) is 5.88 Å². The topological polar surface area (TPSA) is 87.7 Å². The Bertz CT molecular complexity index is 832. The van der Waals surface area contributed by atoms with Crippen LogP contribution in [0.15, 0.2) is 35.7 Å². The van der Waals surface area contributed by atoms with Crippen molar-refractivity contribution in [2.24, 2.45) is 5.73 Å². The molecule has 0 amide bonds. The van der Waals surface area contributed by atoms with Gasteiger partial charge in [0.25, 0.3) is 0 Å². The second-order valence-corrected chi connectivity index (χ2v) is 7.07. The molecular formula is C19H22N4O. The molecule has 24 heavy (non-hydrogen) atoms. The van der Waals surface area contributed by atoms with Crippen molar-refractivity contribution in [1.82, 2.24) is 10.2 Å². The first-order valence-electron chi connectivity index (χ1n) is 8.12. The van der Waals surface area contributed by atoms with Gasteiger partial charge >= 0.3 is 0 Å². The number of nitrogens with zero attached hydrogens (tertiary/aromatic N) is 2. The van der Waals surface area contributed by atoms with E-state index in [2.05, 4.69) is 61.3 Å². The van der Waals surface area contributed by atoms with Crippen molar-refractivity contribution in [1.29, 1.82) is 5.26 Å². The molecule has 5 nitrogen and oxygen atoms in total. The molecule has 0 saturated carbocycles. The molecular weight excluding hydrogens is 300 g/mol. The van der Waals surface area contributed by atoms with E-state index in [1.807, 2.05) is 6.92 Å². The lowest BCUT2D eigenvalue weighted by atomic mass is 9.81. The van der Waals surface area contributed by atoms with Crippen LogP contribution in [-0.2, 0) is 11.8 Å². The maximum Gasteiger partial charge on any atom is 0.244 e. The van der Waals surface area contributed by atoms with Crippen LogP contribution in [0, 0.1) is 11.3 Å². The minimum absolute atomic E-state index is 0.0799. The Hall–Kier alpha value is -2.74. The van der Waals surface area contributed by atoms with Gasteiger partial charge in [0.2, 0.25) is 11.8 Å². The van der Waals surface area contributed by atoms with E-state index >= 15 is 0 Å². The van der Waals surface area contributed by atoms with E-state index in [1.54, 1.807) is 0 Å². The van der Waals surface area contributed by atoms with Crippen LogP contribution in [0.2, 0.25) is 0 Å². The summed E-state index contributed by atoms with van der Waals surface area (Å²) in [4.78, 5) is 0. The molecule has 1 aliphatic heterocycles. The first-order chi connectivity index (χ1) is 11.4. The molecule has 0 radical (unpaired) electrons. The van der Waals surface area contributed by atoms with E-state index in [0.29, 0.717) is 11.5 Å². The molecule has 3 N–H and O–H groups in total. The van der Waals surface area contributed by atoms with Crippen molar-refractivity contribution in [2.75, 3.05) is 0 Å². The number of aryl methyl sites for hydroxylation is 1. The van der Waals surface area contributed by atoms with Crippen LogP contribution in [0.3, 0.4) is 0 Å². The summed E-state index contributed by atoms with van der Waals surface area (Å²) < 4.78 is 5.54. The van der Waals surface area contributed by atoms with Gasteiger partial charge < -0.3 is 10.5 Å². The zero-order valence-electron chi connectivity index (χ0n) is 14.5. The highest BCUT2D eigenvalue weighted by molar-refractivity contribution is 5.55. The van der Waals surface area contributed by atoms with Crippen LogP contribution in [0.25, 0.3) is 0 Å². The van der Waals surface area contributed by atoms with E-state index in [0.717, 1.165) is 23.2 Å². The Balaban J connectivity index is 2.14. The number of benzene rings is 1. The lowest BCUT2D eigenvalue weighted by molar-refractivity contribution is 0.378. The number of allylic oxidation sites excluding steroid dienone is 1. The SMILES string of the molecule is CCc1[nH]nc2c1C(c1ccc(C(C)(C)C)cc1)C(C#N)=C(N)O2. The molecule has 124 valence electrons. The monoisotopic (exact) mass is 322 g/mol. The lowest BCUT2D eigenvalue weighted by Gasteiger charge is -2.25. The minimum atomic E-state index is -0.249. The number of H-pyrrole nitrogens is 1. The second-order valence-electron chi connectivity index (χ2n) is 7.07. The molecule has 0 spiro atoms. The maximum atomic E-state index is 9.61. The summed E-state index contributed by atoms with van der Waals surface area (Å²) in [6.45, 7) is 8.58. The standard InChI is InChI=1S/C19H22N4O/c1-5-14-16-15(11-6-8-12(9-7-11)19(2,3)4)13(10-20)17(21)24-18(16)23-22-14/h6-9,15H,5,21H2,1-4H3,(H,22,23). The highest BCUT2D eigenvalue weighted by Gasteiger charge is 2.34. The third-order valence-corrected chi connectivity index (χ3v) is 4.48. The average molecular weight is 322 g/mol. The van der Waals surface area contributed by atoms with E-state index in [1.165, 1.54) is 5.56 Å². The third kappa shape index (κ3) is 2.54. The first kappa shape index (κ1) is 16.1. The molecule has 1 aromatic heterocycles. The third-order valence-electron chi connectivity index (χ3n) is 4.48. The van der Waals surface area contributed by atoms with Gasteiger partial charge in [-0.25, -0.2) is 0 Å². The Kier molecular flexibility index (Phi) is 3.84. The molecule has 1 unspecified atom stereocenters. The zero-order valence-corrected chi connectivity index (χ0v) is 14.5. The van der Waals surface area contributed by atoms with Crippen LogP contribution >= 0.6 is 0 Å². The number of nitriles is 1. The number of aromatic nitrogens is 2. The van der Waals surface area contributed by atoms with Crippen molar-refractivity contribution in [3.8, 4) is 11.9 Å². The van der Waals surface area contributed by atoms with E-state index in [-0.39, 0.29) is 17.2 Å². The molecule has 3 rings (SSSR count). The van der Waals surface area contributed by atoms with Gasteiger partial charge in [-0.05, 0) is 23.0 Å². The molecule has 1 aromatic carbocycles. The number of ether oxygens (including phenoxy) is 1. The van der Waals surface area contributed by atoms with Gasteiger partial charge in [0.05, 0.1) is 5.92 Å². The predicted octanol–water partition coefficient (Wildman–Crippen LogP) is 3.49. The maximum absolute atomic E-state index is 9.61. The van der Waals surface area contributed by atoms with Crippen molar-refractivity contribution in [3.63, 3.8) is 0 Å². The van der Waals surface area contributed by atoms with Gasteiger partial charge in [-0.15, -0.1) is 5.10 Å². The fourth-order valence-electron chi connectivity index (χ4n) is 3.09. The summed E-state index contributed by atoms with van der Waals surface area (Å²) in [6, 6.07) is 10.6. The molecule has 0 fully saturated rings. The average Bonchev–Trinajstić information content (AvgIpc) is 2.95. The van der Waals surface area contributed by atoms with Gasteiger partial charge in [-0.3, -0.25) is 5.10 Å². The summed E-state index contributed by atoms with van der Waals surface area (Å²) >= 11 is 0. The molecule has 1 aliphatic rings. The summed E-state index contributed by atoms with van der Waals surface area (Å²) in [6.07, 6.45) is 0.779. The molecule has 0 bridgehead atoms. The first-order valence-corrected chi connectivity index (χ1v) is 8.12. The van der Waals surface area contributed by atoms with Gasteiger partial charge in [-0.2, -0.15) is 5.26 Å². The Morgan fingerprint density at radius 2 is 1.96 bits per heavy atom.